The van der Waals surface area contributed by atoms with E-state index in [0.717, 1.165) is 39.7 Å². The maximum absolute atomic E-state index is 12.1. The van der Waals surface area contributed by atoms with Crippen molar-refractivity contribution in [3.63, 3.8) is 0 Å². The lowest BCUT2D eigenvalue weighted by Crippen LogP contribution is -2.30. The van der Waals surface area contributed by atoms with E-state index in [4.69, 9.17) is 17.0 Å². The number of carbonyl (C=O) groups excluding carboxylic acids is 1. The quantitative estimate of drug-likeness (QED) is 0.349. The fraction of sp³-hybridized carbons (Fsp3) is 0.214. The van der Waals surface area contributed by atoms with Crippen LogP contribution in [-0.4, -0.2) is 39.3 Å². The van der Waals surface area contributed by atoms with Crippen LogP contribution in [0.25, 0.3) is 5.69 Å². The zero-order valence-corrected chi connectivity index (χ0v) is 21.7. The first kappa shape index (κ1) is 24.6. The summed E-state index contributed by atoms with van der Waals surface area (Å²) in [5.41, 5.74) is 6.59. The van der Waals surface area contributed by atoms with Gasteiger partial charge in [0.2, 0.25) is 5.91 Å². The molecule has 0 saturated carbocycles. The van der Waals surface area contributed by atoms with Gasteiger partial charge in [-0.1, -0.05) is 6.07 Å². The second kappa shape index (κ2) is 10.5. The Balaban J connectivity index is 1.61. The molecular formula is C28H28N6O2S. The second-order valence-electron chi connectivity index (χ2n) is 8.92. The third-order valence-corrected chi connectivity index (χ3v) is 6.76. The second-order valence-corrected chi connectivity index (χ2v) is 9.31. The van der Waals surface area contributed by atoms with Crippen molar-refractivity contribution >= 4 is 34.6 Å². The van der Waals surface area contributed by atoms with Crippen LogP contribution in [0.1, 0.15) is 34.7 Å². The molecule has 0 spiro atoms. The Kier molecular flexibility index (Phi) is 6.98. The number of benzene rings is 1. The number of aryl methyl sites for hydroxylation is 2. The molecule has 8 nitrogen and oxygen atoms in total. The molecule has 188 valence electrons. The van der Waals surface area contributed by atoms with Crippen molar-refractivity contribution in [3.05, 3.63) is 102 Å². The minimum Gasteiger partial charge on any atom is -0.375 e. The number of ether oxygens (including phenoxy) is 1. The molecule has 9 heteroatoms. The molecule has 1 aromatic carbocycles. The normalized spacial score (nSPS) is 17.1. The highest BCUT2D eigenvalue weighted by atomic mass is 32.1. The third-order valence-electron chi connectivity index (χ3n) is 6.45. The molecule has 0 radical (unpaired) electrons. The number of amides is 1. The summed E-state index contributed by atoms with van der Waals surface area (Å²) >= 11 is 5.90. The molecule has 4 aromatic rings. The SMILES string of the molecule is COCC(=O)Nc1ccc(N2C(=S)N[C@@H](c3ccccn3)[C@@H]2c2ccc(C)n2-c2cccnc2)cc1C. The van der Waals surface area contributed by atoms with E-state index in [0.29, 0.717) is 5.11 Å². The van der Waals surface area contributed by atoms with Crippen molar-refractivity contribution in [2.24, 2.45) is 0 Å². The van der Waals surface area contributed by atoms with Crippen LogP contribution in [0.3, 0.4) is 0 Å². The maximum Gasteiger partial charge on any atom is 0.250 e. The van der Waals surface area contributed by atoms with Crippen LogP contribution in [0.5, 0.6) is 0 Å². The molecule has 0 aliphatic carbocycles. The summed E-state index contributed by atoms with van der Waals surface area (Å²) in [5, 5.41) is 7.02. The van der Waals surface area contributed by atoms with Crippen molar-refractivity contribution in [1.82, 2.24) is 19.9 Å². The largest absolute Gasteiger partial charge is 0.375 e. The van der Waals surface area contributed by atoms with Crippen molar-refractivity contribution in [3.8, 4) is 5.69 Å². The first-order valence-electron chi connectivity index (χ1n) is 12.0. The number of methoxy groups -OCH3 is 1. The van der Waals surface area contributed by atoms with Crippen LogP contribution < -0.4 is 15.5 Å². The lowest BCUT2D eigenvalue weighted by atomic mass is 10.0. The maximum atomic E-state index is 12.1. The smallest absolute Gasteiger partial charge is 0.250 e. The lowest BCUT2D eigenvalue weighted by Gasteiger charge is -2.29. The minimum atomic E-state index is -0.199. The summed E-state index contributed by atoms with van der Waals surface area (Å²) in [6.07, 6.45) is 5.43. The molecule has 4 heterocycles. The number of hydrogen-bond acceptors (Lipinski definition) is 5. The monoisotopic (exact) mass is 512 g/mol. The molecule has 1 aliphatic rings. The Morgan fingerprint density at radius 2 is 1.95 bits per heavy atom. The van der Waals surface area contributed by atoms with E-state index < -0.39 is 0 Å². The zero-order chi connectivity index (χ0) is 25.9. The molecular weight excluding hydrogens is 484 g/mol. The Morgan fingerprint density at radius 1 is 1.08 bits per heavy atom. The van der Waals surface area contributed by atoms with E-state index >= 15 is 0 Å². The van der Waals surface area contributed by atoms with Gasteiger partial charge in [-0.2, -0.15) is 0 Å². The number of aromatic nitrogens is 3. The molecule has 1 fully saturated rings. The standard InChI is InChI=1S/C28H28N6O2S/c1-18-15-20(10-11-22(18)31-25(35)17-36-3)34-27(26(32-28(34)37)23-8-4-5-14-30-23)24-12-9-19(2)33(24)21-7-6-13-29-16-21/h4-16,26-27H,17H2,1-3H3,(H,31,35)(H,32,37)/t26-,27-/m0/s1. The van der Waals surface area contributed by atoms with Crippen molar-refractivity contribution in [2.75, 3.05) is 23.9 Å². The lowest BCUT2D eigenvalue weighted by molar-refractivity contribution is -0.119. The van der Waals surface area contributed by atoms with E-state index in [9.17, 15) is 4.79 Å². The van der Waals surface area contributed by atoms with Gasteiger partial charge in [0.1, 0.15) is 12.6 Å². The number of thiocarbonyl (C=S) groups is 1. The summed E-state index contributed by atoms with van der Waals surface area (Å²) in [5.74, 6) is -0.199. The summed E-state index contributed by atoms with van der Waals surface area (Å²) in [7, 11) is 1.50. The number of nitrogens with zero attached hydrogens (tertiary/aromatic N) is 4. The predicted molar refractivity (Wildman–Crippen MR) is 148 cm³/mol. The van der Waals surface area contributed by atoms with E-state index in [-0.39, 0.29) is 24.6 Å². The Morgan fingerprint density at radius 3 is 2.65 bits per heavy atom. The Labute approximate surface area is 221 Å². The Bertz CT molecular complexity index is 1420. The van der Waals surface area contributed by atoms with Crippen LogP contribution in [0, 0.1) is 13.8 Å². The highest BCUT2D eigenvalue weighted by Crippen LogP contribution is 2.43. The molecule has 1 amide bonds. The van der Waals surface area contributed by atoms with Gasteiger partial charge in [0.15, 0.2) is 5.11 Å². The fourth-order valence-electron chi connectivity index (χ4n) is 4.82. The minimum absolute atomic E-state index is 0.000163. The van der Waals surface area contributed by atoms with Crippen LogP contribution in [0.2, 0.25) is 0 Å². The number of hydrogen-bond donors (Lipinski definition) is 2. The van der Waals surface area contributed by atoms with Gasteiger partial charge in [-0.05, 0) is 86.2 Å². The van der Waals surface area contributed by atoms with Gasteiger partial charge in [0.05, 0.1) is 23.6 Å². The summed E-state index contributed by atoms with van der Waals surface area (Å²) in [6.45, 7) is 4.05. The topological polar surface area (TPSA) is 84.3 Å². The van der Waals surface area contributed by atoms with Gasteiger partial charge in [-0.25, -0.2) is 0 Å². The molecule has 1 aliphatic heterocycles. The summed E-state index contributed by atoms with van der Waals surface area (Å²) in [4.78, 5) is 23.2. The number of nitrogens with one attached hydrogen (secondary N) is 2. The molecule has 3 aromatic heterocycles. The van der Waals surface area contributed by atoms with E-state index in [1.165, 1.54) is 7.11 Å². The van der Waals surface area contributed by atoms with Crippen molar-refractivity contribution in [1.29, 1.82) is 0 Å². The predicted octanol–water partition coefficient (Wildman–Crippen LogP) is 4.65. The van der Waals surface area contributed by atoms with E-state index in [2.05, 4.69) is 49.1 Å². The van der Waals surface area contributed by atoms with Crippen molar-refractivity contribution < 1.29 is 9.53 Å². The van der Waals surface area contributed by atoms with Crippen LogP contribution in [-0.2, 0) is 9.53 Å². The molecule has 2 N–H and O–H groups in total. The first-order chi connectivity index (χ1) is 18.0. The van der Waals surface area contributed by atoms with Crippen LogP contribution in [0.15, 0.2) is 79.3 Å². The number of pyridine rings is 2. The van der Waals surface area contributed by atoms with Gasteiger partial charge in [-0.15, -0.1) is 0 Å². The molecule has 2 atom stereocenters. The highest BCUT2D eigenvalue weighted by Gasteiger charge is 2.42. The van der Waals surface area contributed by atoms with Gasteiger partial charge in [-0.3, -0.25) is 14.8 Å². The van der Waals surface area contributed by atoms with Crippen LogP contribution >= 0.6 is 12.2 Å². The molecule has 0 bridgehead atoms. The average Bonchev–Trinajstić information content (AvgIpc) is 3.45. The molecule has 0 unspecified atom stereocenters. The third kappa shape index (κ3) is 4.83. The summed E-state index contributed by atoms with van der Waals surface area (Å²) in [6, 6.07) is 19.7. The van der Waals surface area contributed by atoms with Crippen molar-refractivity contribution in [2.45, 2.75) is 25.9 Å². The molecule has 5 rings (SSSR count). The first-order valence-corrected chi connectivity index (χ1v) is 12.4. The Hall–Kier alpha value is -4.08. The van der Waals surface area contributed by atoms with E-state index in [1.807, 2.05) is 61.7 Å². The van der Waals surface area contributed by atoms with Gasteiger partial charge in [0.25, 0.3) is 0 Å². The highest BCUT2D eigenvalue weighted by molar-refractivity contribution is 7.80. The molecule has 37 heavy (non-hydrogen) atoms. The van der Waals surface area contributed by atoms with E-state index in [1.54, 1.807) is 12.4 Å². The van der Waals surface area contributed by atoms with Gasteiger partial charge < -0.3 is 24.8 Å². The summed E-state index contributed by atoms with van der Waals surface area (Å²) < 4.78 is 7.15. The van der Waals surface area contributed by atoms with Gasteiger partial charge in [0, 0.05) is 42.3 Å². The van der Waals surface area contributed by atoms with Gasteiger partial charge >= 0.3 is 0 Å². The fourth-order valence-corrected chi connectivity index (χ4v) is 5.16. The number of carbonyl (C=O) groups is 1. The number of rotatable bonds is 7. The average molecular weight is 513 g/mol. The van der Waals surface area contributed by atoms with Crippen LogP contribution in [0.4, 0.5) is 11.4 Å². The number of anilines is 2. The molecule has 1 saturated heterocycles. The zero-order valence-electron chi connectivity index (χ0n) is 20.9.